The Morgan fingerprint density at radius 3 is 2.71 bits per heavy atom. The minimum Gasteiger partial charge on any atom is -0.481 e. The summed E-state index contributed by atoms with van der Waals surface area (Å²) >= 11 is 1.40. The largest absolute Gasteiger partial charge is 0.481 e. The standard InChI is InChI=1S/C16H18O4S/c17-12-8-13-10(5-6-21-13)15(18)14(12)11(16(19)20)7-9-3-1-2-4-9/h5-6,9,11,14H,1-4,7-8H2,(H,19,20). The summed E-state index contributed by atoms with van der Waals surface area (Å²) in [5.41, 5.74) is 0.558. The van der Waals surface area contributed by atoms with E-state index in [2.05, 4.69) is 0 Å². The Kier molecular flexibility index (Phi) is 3.93. The van der Waals surface area contributed by atoms with Gasteiger partial charge < -0.3 is 5.11 Å². The third-order valence-corrected chi connectivity index (χ3v) is 5.68. The van der Waals surface area contributed by atoms with E-state index in [9.17, 15) is 19.5 Å². The van der Waals surface area contributed by atoms with Crippen LogP contribution in [0.15, 0.2) is 11.4 Å². The number of rotatable bonds is 4. The van der Waals surface area contributed by atoms with Crippen molar-refractivity contribution in [2.45, 2.75) is 38.5 Å². The van der Waals surface area contributed by atoms with Crippen molar-refractivity contribution < 1.29 is 19.5 Å². The summed E-state index contributed by atoms with van der Waals surface area (Å²) in [6.07, 6.45) is 4.94. The van der Waals surface area contributed by atoms with Crippen LogP contribution in [0.2, 0.25) is 0 Å². The van der Waals surface area contributed by atoms with Gasteiger partial charge in [0.2, 0.25) is 0 Å². The van der Waals surface area contributed by atoms with Gasteiger partial charge in [0.1, 0.15) is 5.78 Å². The Hall–Kier alpha value is -1.49. The van der Waals surface area contributed by atoms with Crippen LogP contribution in [0.3, 0.4) is 0 Å². The summed E-state index contributed by atoms with van der Waals surface area (Å²) < 4.78 is 0. The quantitative estimate of drug-likeness (QED) is 0.868. The zero-order valence-corrected chi connectivity index (χ0v) is 12.5. The summed E-state index contributed by atoms with van der Waals surface area (Å²) in [4.78, 5) is 37.2. The molecule has 1 heterocycles. The van der Waals surface area contributed by atoms with E-state index in [0.717, 1.165) is 30.6 Å². The molecule has 0 aliphatic heterocycles. The van der Waals surface area contributed by atoms with Gasteiger partial charge >= 0.3 is 5.97 Å². The Balaban J connectivity index is 1.86. The number of Topliss-reactive ketones (excluding diaryl/α,β-unsaturated/α-hetero) is 2. The number of fused-ring (bicyclic) bond motifs is 1. The van der Waals surface area contributed by atoms with Gasteiger partial charge in [-0.1, -0.05) is 25.7 Å². The van der Waals surface area contributed by atoms with Gasteiger partial charge in [-0.25, -0.2) is 0 Å². The molecule has 2 aliphatic carbocycles. The van der Waals surface area contributed by atoms with Crippen molar-refractivity contribution in [3.63, 3.8) is 0 Å². The molecule has 112 valence electrons. The number of thiophene rings is 1. The molecule has 4 nitrogen and oxygen atoms in total. The Bertz CT molecular complexity index is 583. The van der Waals surface area contributed by atoms with Crippen molar-refractivity contribution in [1.82, 2.24) is 0 Å². The predicted molar refractivity (Wildman–Crippen MR) is 78.6 cm³/mol. The van der Waals surface area contributed by atoms with Crippen LogP contribution in [0, 0.1) is 17.8 Å². The first kappa shape index (κ1) is 14.4. The summed E-state index contributed by atoms with van der Waals surface area (Å²) in [6, 6.07) is 1.72. The third-order valence-electron chi connectivity index (χ3n) is 4.76. The van der Waals surface area contributed by atoms with Gasteiger partial charge in [0, 0.05) is 16.9 Å². The molecule has 0 amide bonds. The molecule has 5 heteroatoms. The molecule has 2 aliphatic rings. The molecule has 1 fully saturated rings. The number of hydrogen-bond donors (Lipinski definition) is 1. The molecular weight excluding hydrogens is 288 g/mol. The summed E-state index contributed by atoms with van der Waals surface area (Å²) in [6.45, 7) is 0. The summed E-state index contributed by atoms with van der Waals surface area (Å²) in [7, 11) is 0. The van der Waals surface area contributed by atoms with E-state index in [4.69, 9.17) is 0 Å². The van der Waals surface area contributed by atoms with Crippen LogP contribution < -0.4 is 0 Å². The molecule has 0 spiro atoms. The molecule has 0 aromatic carbocycles. The molecular formula is C16H18O4S. The fourth-order valence-electron chi connectivity index (χ4n) is 3.67. The van der Waals surface area contributed by atoms with Gasteiger partial charge in [-0.05, 0) is 23.8 Å². The van der Waals surface area contributed by atoms with Gasteiger partial charge in [-0.15, -0.1) is 11.3 Å². The van der Waals surface area contributed by atoms with Crippen LogP contribution in [0.4, 0.5) is 0 Å². The molecule has 2 unspecified atom stereocenters. The van der Waals surface area contributed by atoms with Gasteiger partial charge in [0.05, 0.1) is 11.8 Å². The van der Waals surface area contributed by atoms with Crippen LogP contribution in [0.1, 0.15) is 47.3 Å². The molecule has 0 bridgehead atoms. The number of carboxylic acids is 1. The van der Waals surface area contributed by atoms with Crippen molar-refractivity contribution >= 4 is 28.9 Å². The van der Waals surface area contributed by atoms with Crippen molar-refractivity contribution in [1.29, 1.82) is 0 Å². The number of carbonyl (C=O) groups is 3. The smallest absolute Gasteiger partial charge is 0.307 e. The second-order valence-corrected chi connectivity index (χ2v) is 7.07. The zero-order valence-electron chi connectivity index (χ0n) is 11.7. The predicted octanol–water partition coefficient (Wildman–Crippen LogP) is 2.95. The second-order valence-electron chi connectivity index (χ2n) is 6.07. The lowest BCUT2D eigenvalue weighted by molar-refractivity contribution is -0.146. The maximum atomic E-state index is 12.5. The Morgan fingerprint density at radius 2 is 2.05 bits per heavy atom. The fourth-order valence-corrected chi connectivity index (χ4v) is 4.56. The van der Waals surface area contributed by atoms with Crippen LogP contribution in [0.5, 0.6) is 0 Å². The summed E-state index contributed by atoms with van der Waals surface area (Å²) in [5, 5.41) is 11.3. The molecule has 21 heavy (non-hydrogen) atoms. The molecule has 2 atom stereocenters. The van der Waals surface area contributed by atoms with Crippen molar-refractivity contribution in [2.75, 3.05) is 0 Å². The average Bonchev–Trinajstić information content (AvgIpc) is 3.07. The van der Waals surface area contributed by atoms with E-state index in [1.165, 1.54) is 11.3 Å². The van der Waals surface area contributed by atoms with Crippen molar-refractivity contribution in [3.8, 4) is 0 Å². The first-order valence-corrected chi connectivity index (χ1v) is 8.32. The number of hydrogen-bond acceptors (Lipinski definition) is 4. The van der Waals surface area contributed by atoms with E-state index in [-0.39, 0.29) is 18.0 Å². The van der Waals surface area contributed by atoms with Crippen LogP contribution in [0.25, 0.3) is 0 Å². The minimum atomic E-state index is -1.01. The lowest BCUT2D eigenvalue weighted by Gasteiger charge is -2.27. The first-order valence-electron chi connectivity index (χ1n) is 7.44. The average molecular weight is 306 g/mol. The third kappa shape index (κ3) is 2.67. The lowest BCUT2D eigenvalue weighted by Crippen LogP contribution is -2.40. The van der Waals surface area contributed by atoms with Crippen LogP contribution in [-0.2, 0) is 16.0 Å². The highest BCUT2D eigenvalue weighted by atomic mass is 32.1. The number of carboxylic acid groups (broad SMARTS) is 1. The maximum absolute atomic E-state index is 12.5. The number of aliphatic carboxylic acids is 1. The fraction of sp³-hybridized carbons (Fsp3) is 0.562. The number of carbonyl (C=O) groups excluding carboxylic acids is 2. The SMILES string of the molecule is O=C(O)C(CC1CCCC1)C1C(=O)Cc2sccc2C1=O. The Labute approximate surface area is 127 Å². The highest BCUT2D eigenvalue weighted by Crippen LogP contribution is 2.37. The highest BCUT2D eigenvalue weighted by molar-refractivity contribution is 7.10. The maximum Gasteiger partial charge on any atom is 0.307 e. The molecule has 1 aromatic heterocycles. The van der Waals surface area contributed by atoms with E-state index in [1.807, 2.05) is 0 Å². The molecule has 0 radical (unpaired) electrons. The molecule has 1 N–H and O–H groups in total. The second kappa shape index (κ2) is 5.72. The van der Waals surface area contributed by atoms with Gasteiger partial charge in [0.15, 0.2) is 5.78 Å². The topological polar surface area (TPSA) is 71.4 Å². The zero-order chi connectivity index (χ0) is 15.0. The van der Waals surface area contributed by atoms with Crippen LogP contribution in [-0.4, -0.2) is 22.6 Å². The van der Waals surface area contributed by atoms with E-state index in [0.29, 0.717) is 17.9 Å². The molecule has 0 saturated heterocycles. The summed E-state index contributed by atoms with van der Waals surface area (Å²) in [5.74, 6) is -3.01. The number of ketones is 2. The van der Waals surface area contributed by atoms with Crippen molar-refractivity contribution in [2.24, 2.45) is 17.8 Å². The lowest BCUT2D eigenvalue weighted by atomic mass is 9.74. The van der Waals surface area contributed by atoms with Gasteiger partial charge in [-0.3, -0.25) is 14.4 Å². The van der Waals surface area contributed by atoms with E-state index < -0.39 is 17.8 Å². The van der Waals surface area contributed by atoms with E-state index >= 15 is 0 Å². The molecule has 3 rings (SSSR count). The minimum absolute atomic E-state index is 0.206. The van der Waals surface area contributed by atoms with E-state index in [1.54, 1.807) is 11.4 Å². The van der Waals surface area contributed by atoms with Crippen molar-refractivity contribution in [3.05, 3.63) is 21.9 Å². The highest BCUT2D eigenvalue weighted by Gasteiger charge is 2.44. The Morgan fingerprint density at radius 1 is 1.33 bits per heavy atom. The molecule has 1 aromatic rings. The monoisotopic (exact) mass is 306 g/mol. The first-order chi connectivity index (χ1) is 10.1. The van der Waals surface area contributed by atoms with Gasteiger partial charge in [-0.2, -0.15) is 0 Å². The normalized spacial score (nSPS) is 24.1. The van der Waals surface area contributed by atoms with Crippen LogP contribution >= 0.6 is 11.3 Å². The van der Waals surface area contributed by atoms with Gasteiger partial charge in [0.25, 0.3) is 0 Å². The molecule has 1 saturated carbocycles.